The summed E-state index contributed by atoms with van der Waals surface area (Å²) in [5.74, 6) is -1.67. The molecule has 2 aromatic carbocycles. The molecule has 1 aliphatic rings. The highest BCUT2D eigenvalue weighted by atomic mass is 32.2. The molecule has 7 heteroatoms. The highest BCUT2D eigenvalue weighted by Crippen LogP contribution is 2.30. The second-order valence-corrected chi connectivity index (χ2v) is 8.81. The van der Waals surface area contributed by atoms with Gasteiger partial charge in [-0.2, -0.15) is 0 Å². The van der Waals surface area contributed by atoms with E-state index in [1.54, 1.807) is 29.2 Å². The normalized spacial score (nSPS) is 14.3. The maximum atomic E-state index is 13.9. The Balaban J connectivity index is 1.79. The molecular formula is C19H19F2NO3S. The molecule has 3 rings (SSSR count). The molecule has 4 nitrogen and oxygen atoms in total. The number of rotatable bonds is 6. The summed E-state index contributed by atoms with van der Waals surface area (Å²) in [5, 5.41) is 0. The maximum absolute atomic E-state index is 13.9. The van der Waals surface area contributed by atoms with Crippen molar-refractivity contribution in [3.63, 3.8) is 0 Å². The van der Waals surface area contributed by atoms with Gasteiger partial charge in [-0.1, -0.05) is 18.2 Å². The monoisotopic (exact) mass is 379 g/mol. The Labute approximate surface area is 151 Å². The topological polar surface area (TPSA) is 54.5 Å². The van der Waals surface area contributed by atoms with Crippen LogP contribution in [-0.2, 0) is 22.1 Å². The SMILES string of the molecule is CS(=O)(=O)Cc1ccc(C(=O)N(Cc2ccc(F)cc2F)C2CC2)cc1. The lowest BCUT2D eigenvalue weighted by Gasteiger charge is -2.23. The zero-order valence-corrected chi connectivity index (χ0v) is 15.1. The van der Waals surface area contributed by atoms with Crippen LogP contribution in [0.1, 0.15) is 34.3 Å². The molecule has 0 spiro atoms. The molecule has 1 fully saturated rings. The molecule has 2 aromatic rings. The first kappa shape index (κ1) is 18.5. The zero-order valence-electron chi connectivity index (χ0n) is 14.3. The van der Waals surface area contributed by atoms with Crippen LogP contribution in [0.2, 0.25) is 0 Å². The number of nitrogens with zero attached hydrogens (tertiary/aromatic N) is 1. The van der Waals surface area contributed by atoms with Crippen molar-refractivity contribution in [1.29, 1.82) is 0 Å². The first-order chi connectivity index (χ1) is 12.2. The van der Waals surface area contributed by atoms with Crippen molar-refractivity contribution >= 4 is 15.7 Å². The molecule has 0 aliphatic heterocycles. The Morgan fingerprint density at radius 1 is 1.12 bits per heavy atom. The Morgan fingerprint density at radius 2 is 1.77 bits per heavy atom. The summed E-state index contributed by atoms with van der Waals surface area (Å²) in [6.07, 6.45) is 2.85. The molecule has 1 aliphatic carbocycles. The second kappa shape index (κ2) is 7.15. The van der Waals surface area contributed by atoms with Gasteiger partial charge in [-0.3, -0.25) is 4.79 Å². The van der Waals surface area contributed by atoms with Crippen LogP contribution in [0.4, 0.5) is 8.78 Å². The van der Waals surface area contributed by atoms with Crippen LogP contribution < -0.4 is 0 Å². The van der Waals surface area contributed by atoms with Gasteiger partial charge in [0.05, 0.1) is 5.75 Å². The quantitative estimate of drug-likeness (QED) is 0.774. The van der Waals surface area contributed by atoms with E-state index in [0.29, 0.717) is 11.1 Å². The number of amides is 1. The summed E-state index contributed by atoms with van der Waals surface area (Å²) in [6.45, 7) is 0.0701. The average Bonchev–Trinajstić information content (AvgIpc) is 3.37. The van der Waals surface area contributed by atoms with E-state index in [2.05, 4.69) is 0 Å². The lowest BCUT2D eigenvalue weighted by Crippen LogP contribution is -2.33. The number of carbonyl (C=O) groups is 1. The molecule has 0 unspecified atom stereocenters. The lowest BCUT2D eigenvalue weighted by molar-refractivity contribution is 0.0728. The molecule has 0 bridgehead atoms. The van der Waals surface area contributed by atoms with E-state index in [9.17, 15) is 22.0 Å². The molecule has 26 heavy (non-hydrogen) atoms. The van der Waals surface area contributed by atoms with Crippen molar-refractivity contribution < 1.29 is 22.0 Å². The fraction of sp³-hybridized carbons (Fsp3) is 0.316. The number of benzene rings is 2. The van der Waals surface area contributed by atoms with Gasteiger partial charge in [-0.25, -0.2) is 17.2 Å². The van der Waals surface area contributed by atoms with E-state index in [1.807, 2.05) is 0 Å². The first-order valence-corrected chi connectivity index (χ1v) is 10.3. The minimum absolute atomic E-state index is 0.0441. The zero-order chi connectivity index (χ0) is 18.9. The van der Waals surface area contributed by atoms with Crippen molar-refractivity contribution in [3.8, 4) is 0 Å². The highest BCUT2D eigenvalue weighted by Gasteiger charge is 2.33. The summed E-state index contributed by atoms with van der Waals surface area (Å²) in [5.41, 5.74) is 1.28. The van der Waals surface area contributed by atoms with Crippen LogP contribution in [-0.4, -0.2) is 31.5 Å². The summed E-state index contributed by atoms with van der Waals surface area (Å²) < 4.78 is 49.7. The van der Waals surface area contributed by atoms with Gasteiger partial charge in [-0.15, -0.1) is 0 Å². The molecule has 0 aromatic heterocycles. The molecule has 0 heterocycles. The van der Waals surface area contributed by atoms with Crippen molar-refractivity contribution in [2.75, 3.05) is 6.26 Å². The molecule has 0 saturated heterocycles. The van der Waals surface area contributed by atoms with E-state index in [-0.39, 0.29) is 29.8 Å². The van der Waals surface area contributed by atoms with Crippen LogP contribution >= 0.6 is 0 Å². The van der Waals surface area contributed by atoms with E-state index < -0.39 is 21.5 Å². The van der Waals surface area contributed by atoms with Crippen molar-refractivity contribution in [2.45, 2.75) is 31.2 Å². The molecule has 138 valence electrons. The fourth-order valence-corrected chi connectivity index (χ4v) is 3.60. The van der Waals surface area contributed by atoms with E-state index >= 15 is 0 Å². The number of halogens is 2. The third kappa shape index (κ3) is 4.66. The molecule has 1 amide bonds. The van der Waals surface area contributed by atoms with Gasteiger partial charge in [0.2, 0.25) is 0 Å². The number of hydrogen-bond donors (Lipinski definition) is 0. The number of sulfone groups is 1. The lowest BCUT2D eigenvalue weighted by atomic mass is 10.1. The van der Waals surface area contributed by atoms with Crippen LogP contribution in [0, 0.1) is 11.6 Å². The van der Waals surface area contributed by atoms with Crippen LogP contribution in [0.15, 0.2) is 42.5 Å². The average molecular weight is 379 g/mol. The molecular weight excluding hydrogens is 360 g/mol. The highest BCUT2D eigenvalue weighted by molar-refractivity contribution is 7.89. The molecule has 0 radical (unpaired) electrons. The van der Waals surface area contributed by atoms with Gasteiger partial charge in [0.1, 0.15) is 11.6 Å². The minimum Gasteiger partial charge on any atom is -0.331 e. The Kier molecular flexibility index (Phi) is 5.09. The molecule has 1 saturated carbocycles. The van der Waals surface area contributed by atoms with Gasteiger partial charge in [-0.05, 0) is 36.6 Å². The van der Waals surface area contributed by atoms with Gasteiger partial charge in [0.25, 0.3) is 5.91 Å². The van der Waals surface area contributed by atoms with Crippen molar-refractivity contribution in [1.82, 2.24) is 4.90 Å². The van der Waals surface area contributed by atoms with Crippen molar-refractivity contribution in [2.24, 2.45) is 0 Å². The first-order valence-electron chi connectivity index (χ1n) is 8.24. The summed E-state index contributed by atoms with van der Waals surface area (Å²) in [6, 6.07) is 9.76. The summed E-state index contributed by atoms with van der Waals surface area (Å²) in [4.78, 5) is 14.4. The van der Waals surface area contributed by atoms with Gasteiger partial charge in [0, 0.05) is 36.0 Å². The van der Waals surface area contributed by atoms with Crippen LogP contribution in [0.3, 0.4) is 0 Å². The molecule has 0 N–H and O–H groups in total. The third-order valence-corrected chi connectivity index (χ3v) is 5.09. The predicted octanol–water partition coefficient (Wildman–Crippen LogP) is 3.31. The largest absolute Gasteiger partial charge is 0.331 e. The molecule has 0 atom stereocenters. The number of carbonyl (C=O) groups excluding carboxylic acids is 1. The number of hydrogen-bond acceptors (Lipinski definition) is 3. The second-order valence-electron chi connectivity index (χ2n) is 6.67. The van der Waals surface area contributed by atoms with E-state index in [1.165, 1.54) is 12.1 Å². The van der Waals surface area contributed by atoms with E-state index in [0.717, 1.165) is 25.2 Å². The Bertz CT molecular complexity index is 922. The summed E-state index contributed by atoms with van der Waals surface area (Å²) >= 11 is 0. The minimum atomic E-state index is -3.15. The Morgan fingerprint density at radius 3 is 2.31 bits per heavy atom. The maximum Gasteiger partial charge on any atom is 0.254 e. The van der Waals surface area contributed by atoms with Gasteiger partial charge >= 0.3 is 0 Å². The predicted molar refractivity (Wildman–Crippen MR) is 94.2 cm³/mol. The standard InChI is InChI=1S/C19H19F2NO3S/c1-26(24,25)12-13-2-4-14(5-3-13)19(23)22(17-8-9-17)11-15-6-7-16(20)10-18(15)21/h2-7,10,17H,8-9,11-12H2,1H3. The van der Waals surface area contributed by atoms with Crippen molar-refractivity contribution in [3.05, 3.63) is 70.8 Å². The Hall–Kier alpha value is -2.28. The third-order valence-electron chi connectivity index (χ3n) is 4.23. The summed E-state index contributed by atoms with van der Waals surface area (Å²) in [7, 11) is -3.15. The van der Waals surface area contributed by atoms with Gasteiger partial charge < -0.3 is 4.90 Å². The van der Waals surface area contributed by atoms with Crippen LogP contribution in [0.25, 0.3) is 0 Å². The van der Waals surface area contributed by atoms with E-state index in [4.69, 9.17) is 0 Å². The fourth-order valence-electron chi connectivity index (χ4n) is 2.80. The van der Waals surface area contributed by atoms with Crippen LogP contribution in [0.5, 0.6) is 0 Å². The smallest absolute Gasteiger partial charge is 0.254 e. The van der Waals surface area contributed by atoms with Gasteiger partial charge in [0.15, 0.2) is 9.84 Å².